The quantitative estimate of drug-likeness (QED) is 0.348. The lowest BCUT2D eigenvalue weighted by Gasteiger charge is -2.26. The highest BCUT2D eigenvalue weighted by Crippen LogP contribution is 2.42. The minimum Gasteiger partial charge on any atom is -0.507 e. The average Bonchev–Trinajstić information content (AvgIpc) is 3.16. The van der Waals surface area contributed by atoms with Crippen molar-refractivity contribution in [1.29, 1.82) is 0 Å². The van der Waals surface area contributed by atoms with Gasteiger partial charge in [-0.3, -0.25) is 9.69 Å². The van der Waals surface area contributed by atoms with E-state index in [1.165, 1.54) is 0 Å². The second-order valence-corrected chi connectivity index (χ2v) is 7.99. The first-order valence-corrected chi connectivity index (χ1v) is 10.9. The summed E-state index contributed by atoms with van der Waals surface area (Å²) < 4.78 is 21.1. The molecule has 0 bridgehead atoms. The number of rotatable bonds is 9. The van der Waals surface area contributed by atoms with Crippen molar-refractivity contribution in [2.75, 3.05) is 39.5 Å². The molecule has 0 amide bonds. The number of benzene rings is 1. The molecule has 8 nitrogen and oxygen atoms in total. The Morgan fingerprint density at radius 2 is 2.03 bits per heavy atom. The molecule has 3 rings (SSSR count). The number of aromatic hydroxyl groups is 1. The lowest BCUT2D eigenvalue weighted by atomic mass is 9.95. The van der Waals surface area contributed by atoms with Gasteiger partial charge in [0.1, 0.15) is 30.3 Å². The van der Waals surface area contributed by atoms with Crippen LogP contribution in [0.4, 0.5) is 0 Å². The Bertz CT molecular complexity index is 862. The van der Waals surface area contributed by atoms with Gasteiger partial charge in [-0.1, -0.05) is 11.6 Å². The zero-order valence-corrected chi connectivity index (χ0v) is 19.2. The van der Waals surface area contributed by atoms with Gasteiger partial charge < -0.3 is 23.8 Å². The standard InChI is InChI=1S/C22H30NO7P/c1-14(4-6-18(24)28-12-9-23-7-10-27-11-8-23)3-5-16-20(25)15(2)17-13-29-22(26)19(17)21(16)30-31/h3,25H,4-13,31H2,1-2H3. The van der Waals surface area contributed by atoms with E-state index >= 15 is 0 Å². The number of hydrogen-bond donors (Lipinski definition) is 1. The molecule has 170 valence electrons. The first kappa shape index (κ1) is 23.5. The van der Waals surface area contributed by atoms with Crippen LogP contribution in [0.25, 0.3) is 0 Å². The number of allylic oxidation sites excluding steroid dienone is 2. The number of hydrogen-bond acceptors (Lipinski definition) is 8. The van der Waals surface area contributed by atoms with E-state index in [2.05, 4.69) is 14.4 Å². The second kappa shape index (κ2) is 10.9. The fourth-order valence-electron chi connectivity index (χ4n) is 3.74. The largest absolute Gasteiger partial charge is 0.507 e. The Morgan fingerprint density at radius 1 is 1.29 bits per heavy atom. The van der Waals surface area contributed by atoms with Gasteiger partial charge in [0, 0.05) is 37.2 Å². The molecule has 0 aromatic heterocycles. The number of nitrogens with zero attached hydrogens (tertiary/aromatic N) is 1. The van der Waals surface area contributed by atoms with Gasteiger partial charge in [-0.05, 0) is 32.3 Å². The van der Waals surface area contributed by atoms with Crippen molar-refractivity contribution in [3.8, 4) is 11.5 Å². The summed E-state index contributed by atoms with van der Waals surface area (Å²) in [4.78, 5) is 26.3. The molecule has 0 saturated carbocycles. The van der Waals surface area contributed by atoms with Crippen LogP contribution in [0.3, 0.4) is 0 Å². The third kappa shape index (κ3) is 5.76. The fourth-order valence-corrected chi connectivity index (χ4v) is 4.00. The van der Waals surface area contributed by atoms with Crippen LogP contribution in [0.2, 0.25) is 0 Å². The van der Waals surface area contributed by atoms with Crippen molar-refractivity contribution in [1.82, 2.24) is 4.90 Å². The molecule has 1 atom stereocenters. The lowest BCUT2D eigenvalue weighted by Crippen LogP contribution is -2.38. The van der Waals surface area contributed by atoms with E-state index in [-0.39, 0.29) is 18.3 Å². The second-order valence-electron chi connectivity index (χ2n) is 7.76. The van der Waals surface area contributed by atoms with E-state index in [9.17, 15) is 14.7 Å². The number of carbonyl (C=O) groups excluding carboxylic acids is 2. The van der Waals surface area contributed by atoms with Gasteiger partial charge >= 0.3 is 11.9 Å². The molecule has 0 radical (unpaired) electrons. The first-order valence-electron chi connectivity index (χ1n) is 10.4. The van der Waals surface area contributed by atoms with Crippen molar-refractivity contribution in [2.45, 2.75) is 39.7 Å². The van der Waals surface area contributed by atoms with Gasteiger partial charge in [-0.25, -0.2) is 4.79 Å². The van der Waals surface area contributed by atoms with Crippen LogP contribution < -0.4 is 4.52 Å². The highest BCUT2D eigenvalue weighted by Gasteiger charge is 2.32. The maximum absolute atomic E-state index is 12.1. The third-order valence-electron chi connectivity index (χ3n) is 5.72. The van der Waals surface area contributed by atoms with Gasteiger partial charge in [0.2, 0.25) is 0 Å². The summed E-state index contributed by atoms with van der Waals surface area (Å²) >= 11 is 0. The molecule has 0 aliphatic carbocycles. The number of carbonyl (C=O) groups is 2. The van der Waals surface area contributed by atoms with E-state index < -0.39 is 5.97 Å². The molecule has 2 heterocycles. The maximum Gasteiger partial charge on any atom is 0.342 e. The predicted molar refractivity (Wildman–Crippen MR) is 117 cm³/mol. The summed E-state index contributed by atoms with van der Waals surface area (Å²) in [7, 11) is 2.13. The summed E-state index contributed by atoms with van der Waals surface area (Å²) in [5.41, 5.74) is 3.16. The minimum atomic E-state index is -0.447. The molecule has 1 aromatic rings. The van der Waals surface area contributed by atoms with E-state index in [1.54, 1.807) is 6.92 Å². The SMILES string of the molecule is CC(=CCc1c(O)c(C)c2c(c1OP)C(=O)OC2)CCC(=O)OCCN1CCOCC1. The Hall–Kier alpha value is -2.15. The van der Waals surface area contributed by atoms with Crippen LogP contribution in [-0.2, 0) is 32.0 Å². The maximum atomic E-state index is 12.1. The Kier molecular flexibility index (Phi) is 8.29. The predicted octanol–water partition coefficient (Wildman–Crippen LogP) is 2.68. The number of morpholine rings is 1. The van der Waals surface area contributed by atoms with Crippen molar-refractivity contribution >= 4 is 21.4 Å². The average molecular weight is 451 g/mol. The molecule has 31 heavy (non-hydrogen) atoms. The normalized spacial score (nSPS) is 16.7. The number of fused-ring (bicyclic) bond motifs is 1. The van der Waals surface area contributed by atoms with Gasteiger partial charge in [0.15, 0.2) is 0 Å². The van der Waals surface area contributed by atoms with Gasteiger partial charge in [-0.15, -0.1) is 0 Å². The zero-order valence-electron chi connectivity index (χ0n) is 18.1. The third-order valence-corrected chi connectivity index (χ3v) is 5.95. The summed E-state index contributed by atoms with van der Waals surface area (Å²) in [6.07, 6.45) is 3.14. The topological polar surface area (TPSA) is 94.5 Å². The van der Waals surface area contributed by atoms with Crippen LogP contribution in [0, 0.1) is 6.92 Å². The molecular weight excluding hydrogens is 421 g/mol. The first-order chi connectivity index (χ1) is 14.9. The van der Waals surface area contributed by atoms with E-state index in [1.807, 2.05) is 13.0 Å². The number of ether oxygens (including phenoxy) is 3. The highest BCUT2D eigenvalue weighted by atomic mass is 31.0. The Labute approximate surface area is 184 Å². The van der Waals surface area contributed by atoms with Crippen LogP contribution >= 0.6 is 9.47 Å². The van der Waals surface area contributed by atoms with E-state index in [0.717, 1.165) is 38.4 Å². The summed E-state index contributed by atoms with van der Waals surface area (Å²) in [5, 5.41) is 10.6. The summed E-state index contributed by atoms with van der Waals surface area (Å²) in [6.45, 7) is 8.11. The molecule has 2 aliphatic heterocycles. The van der Waals surface area contributed by atoms with Crippen molar-refractivity contribution in [3.63, 3.8) is 0 Å². The van der Waals surface area contributed by atoms with Crippen molar-refractivity contribution in [3.05, 3.63) is 33.9 Å². The fraction of sp³-hybridized carbons (Fsp3) is 0.545. The lowest BCUT2D eigenvalue weighted by molar-refractivity contribution is -0.144. The molecular formula is C22H30NO7P. The van der Waals surface area contributed by atoms with E-state index in [4.69, 9.17) is 18.7 Å². The molecule has 1 aromatic carbocycles. The molecule has 0 spiro atoms. The minimum absolute atomic E-state index is 0.0982. The number of esters is 2. The van der Waals surface area contributed by atoms with Crippen molar-refractivity contribution in [2.24, 2.45) is 0 Å². The summed E-state index contributed by atoms with van der Waals surface area (Å²) in [6, 6.07) is 0. The van der Waals surface area contributed by atoms with Crippen LogP contribution in [0.15, 0.2) is 11.6 Å². The summed E-state index contributed by atoms with van der Waals surface area (Å²) in [5.74, 6) is -0.260. The monoisotopic (exact) mass is 451 g/mol. The number of cyclic esters (lactones) is 1. The molecule has 9 heteroatoms. The molecule has 1 unspecified atom stereocenters. The van der Waals surface area contributed by atoms with Gasteiger partial charge in [0.05, 0.1) is 22.7 Å². The highest BCUT2D eigenvalue weighted by molar-refractivity contribution is 7.10. The van der Waals surface area contributed by atoms with Crippen LogP contribution in [-0.4, -0.2) is 61.4 Å². The Morgan fingerprint density at radius 3 is 2.74 bits per heavy atom. The van der Waals surface area contributed by atoms with E-state index in [0.29, 0.717) is 53.9 Å². The van der Waals surface area contributed by atoms with Gasteiger partial charge in [0.25, 0.3) is 0 Å². The van der Waals surface area contributed by atoms with Crippen LogP contribution in [0.5, 0.6) is 11.5 Å². The smallest absolute Gasteiger partial charge is 0.342 e. The molecule has 1 N–H and O–H groups in total. The Balaban J connectivity index is 1.53. The number of phenolic OH excluding ortho intramolecular Hbond substituents is 1. The van der Waals surface area contributed by atoms with Crippen LogP contribution in [0.1, 0.15) is 46.8 Å². The molecule has 1 fully saturated rings. The zero-order chi connectivity index (χ0) is 22.4. The van der Waals surface area contributed by atoms with Gasteiger partial charge in [-0.2, -0.15) is 0 Å². The van der Waals surface area contributed by atoms with Crippen molar-refractivity contribution < 1.29 is 33.4 Å². The molecule has 2 aliphatic rings. The number of phenols is 1. The molecule has 1 saturated heterocycles.